The van der Waals surface area contributed by atoms with Crippen molar-refractivity contribution in [3.8, 4) is 0 Å². The molecule has 0 bridgehead atoms. The summed E-state index contributed by atoms with van der Waals surface area (Å²) < 4.78 is 5.68. The quantitative estimate of drug-likeness (QED) is 0.488. The van der Waals surface area contributed by atoms with Crippen LogP contribution in [0.3, 0.4) is 0 Å². The molecule has 1 aliphatic heterocycles. The minimum atomic E-state index is -0.798. The third-order valence-electron chi connectivity index (χ3n) is 4.94. The standard InChI is InChI=1S/C18H21N3O5/c1-10-5-3-8-14(10)26-17(22)15-11(2)19-18(23)20-16(15)12-6-4-7-13(9-12)21(24)25/h4,6-7,9-10,14,16H,3,5,8H2,1-2H3,(H2,19,20,23)/t10-,14-,16+/m1/s1. The van der Waals surface area contributed by atoms with Gasteiger partial charge in [-0.2, -0.15) is 0 Å². The summed E-state index contributed by atoms with van der Waals surface area (Å²) in [5.74, 6) is -0.215. The number of hydrogen-bond donors (Lipinski definition) is 2. The highest BCUT2D eigenvalue weighted by Gasteiger charge is 2.35. The molecule has 2 N–H and O–H groups in total. The predicted molar refractivity (Wildman–Crippen MR) is 93.1 cm³/mol. The molecule has 0 saturated heterocycles. The van der Waals surface area contributed by atoms with E-state index in [1.54, 1.807) is 13.0 Å². The molecule has 8 heteroatoms. The molecular weight excluding hydrogens is 338 g/mol. The van der Waals surface area contributed by atoms with Crippen LogP contribution in [0.4, 0.5) is 10.5 Å². The lowest BCUT2D eigenvalue weighted by Crippen LogP contribution is -2.45. The van der Waals surface area contributed by atoms with Gasteiger partial charge in [0.05, 0.1) is 16.5 Å². The van der Waals surface area contributed by atoms with Crippen molar-refractivity contribution in [2.24, 2.45) is 5.92 Å². The first kappa shape index (κ1) is 17.9. The molecule has 2 aliphatic rings. The van der Waals surface area contributed by atoms with E-state index in [-0.39, 0.29) is 17.4 Å². The first-order valence-electron chi connectivity index (χ1n) is 8.60. The van der Waals surface area contributed by atoms with Crippen LogP contribution in [-0.4, -0.2) is 23.0 Å². The second-order valence-corrected chi connectivity index (χ2v) is 6.77. The van der Waals surface area contributed by atoms with Gasteiger partial charge >= 0.3 is 12.0 Å². The lowest BCUT2D eigenvalue weighted by atomic mass is 9.95. The fraction of sp³-hybridized carbons (Fsp3) is 0.444. The molecule has 2 amide bonds. The van der Waals surface area contributed by atoms with Crippen molar-refractivity contribution in [3.63, 3.8) is 0 Å². The van der Waals surface area contributed by atoms with Gasteiger partial charge in [-0.1, -0.05) is 19.1 Å². The first-order chi connectivity index (χ1) is 12.4. The van der Waals surface area contributed by atoms with Gasteiger partial charge in [0.2, 0.25) is 0 Å². The maximum atomic E-state index is 12.8. The van der Waals surface area contributed by atoms with E-state index >= 15 is 0 Å². The zero-order chi connectivity index (χ0) is 18.8. The van der Waals surface area contributed by atoms with Crippen LogP contribution in [0.1, 0.15) is 44.7 Å². The number of esters is 1. The number of rotatable bonds is 4. The second kappa shape index (κ2) is 7.15. The number of amides is 2. The van der Waals surface area contributed by atoms with Gasteiger partial charge in [0.1, 0.15) is 6.10 Å². The Bertz CT molecular complexity index is 789. The van der Waals surface area contributed by atoms with Crippen LogP contribution in [0.15, 0.2) is 35.5 Å². The Balaban J connectivity index is 1.93. The number of nitrogens with one attached hydrogen (secondary N) is 2. The van der Waals surface area contributed by atoms with Crippen LogP contribution in [0.5, 0.6) is 0 Å². The maximum absolute atomic E-state index is 12.8. The molecule has 8 nitrogen and oxygen atoms in total. The number of allylic oxidation sites excluding steroid dienone is 1. The normalized spacial score (nSPS) is 25.5. The van der Waals surface area contributed by atoms with Crippen LogP contribution < -0.4 is 10.6 Å². The highest BCUT2D eigenvalue weighted by atomic mass is 16.6. The summed E-state index contributed by atoms with van der Waals surface area (Å²) in [6.45, 7) is 3.67. The van der Waals surface area contributed by atoms with Gasteiger partial charge in [0.15, 0.2) is 0 Å². The number of hydrogen-bond acceptors (Lipinski definition) is 5. The summed E-state index contributed by atoms with van der Waals surface area (Å²) >= 11 is 0. The van der Waals surface area contributed by atoms with E-state index in [2.05, 4.69) is 10.6 Å². The number of urea groups is 1. The fourth-order valence-electron chi connectivity index (χ4n) is 3.52. The summed E-state index contributed by atoms with van der Waals surface area (Å²) in [5.41, 5.74) is 1.01. The Labute approximate surface area is 150 Å². The van der Waals surface area contributed by atoms with Crippen molar-refractivity contribution in [2.45, 2.75) is 45.3 Å². The van der Waals surface area contributed by atoms with E-state index in [9.17, 15) is 19.7 Å². The second-order valence-electron chi connectivity index (χ2n) is 6.77. The lowest BCUT2D eigenvalue weighted by molar-refractivity contribution is -0.384. The number of carbonyl (C=O) groups excluding carboxylic acids is 2. The SMILES string of the molecule is CC1=C(C(=O)O[C@@H]2CCC[C@H]2C)[C@H](c2cccc([N+](=O)[O-])c2)NC(=O)N1. The molecule has 3 rings (SSSR count). The highest BCUT2D eigenvalue weighted by Crippen LogP contribution is 2.33. The molecule has 0 spiro atoms. The Morgan fingerprint density at radius 1 is 1.35 bits per heavy atom. The van der Waals surface area contributed by atoms with E-state index in [1.807, 2.05) is 6.92 Å². The minimum Gasteiger partial charge on any atom is -0.459 e. The van der Waals surface area contributed by atoms with Gasteiger partial charge in [-0.05, 0) is 37.7 Å². The van der Waals surface area contributed by atoms with Crippen LogP contribution in [-0.2, 0) is 9.53 Å². The average molecular weight is 359 g/mol. The minimum absolute atomic E-state index is 0.106. The topological polar surface area (TPSA) is 111 Å². The highest BCUT2D eigenvalue weighted by molar-refractivity contribution is 5.95. The molecule has 1 aromatic carbocycles. The molecule has 1 aromatic rings. The molecular formula is C18H21N3O5. The third-order valence-corrected chi connectivity index (χ3v) is 4.94. The average Bonchev–Trinajstić information content (AvgIpc) is 2.99. The summed E-state index contributed by atoms with van der Waals surface area (Å²) in [6.07, 6.45) is 2.70. The van der Waals surface area contributed by atoms with E-state index < -0.39 is 23.0 Å². The van der Waals surface area contributed by atoms with Gasteiger partial charge in [-0.3, -0.25) is 10.1 Å². The van der Waals surface area contributed by atoms with E-state index in [4.69, 9.17) is 4.74 Å². The molecule has 1 heterocycles. The van der Waals surface area contributed by atoms with E-state index in [0.29, 0.717) is 17.2 Å². The van der Waals surface area contributed by atoms with Gasteiger partial charge < -0.3 is 15.4 Å². The van der Waals surface area contributed by atoms with E-state index in [0.717, 1.165) is 19.3 Å². The summed E-state index contributed by atoms with van der Waals surface area (Å²) in [5, 5.41) is 16.3. The molecule has 0 unspecified atom stereocenters. The number of nitro groups is 1. The third kappa shape index (κ3) is 3.54. The molecule has 0 aromatic heterocycles. The zero-order valence-corrected chi connectivity index (χ0v) is 14.7. The van der Waals surface area contributed by atoms with Crippen LogP contribution in [0.25, 0.3) is 0 Å². The Kier molecular flexibility index (Phi) is 4.92. The van der Waals surface area contributed by atoms with Crippen LogP contribution in [0, 0.1) is 16.0 Å². The Morgan fingerprint density at radius 2 is 2.12 bits per heavy atom. The van der Waals surface area contributed by atoms with Crippen LogP contribution >= 0.6 is 0 Å². The summed E-state index contributed by atoms with van der Waals surface area (Å²) in [6, 6.07) is 4.62. The van der Waals surface area contributed by atoms with Crippen LogP contribution in [0.2, 0.25) is 0 Å². The number of nitro benzene ring substituents is 1. The summed E-state index contributed by atoms with van der Waals surface area (Å²) in [4.78, 5) is 35.2. The van der Waals surface area contributed by atoms with Gasteiger partial charge in [0.25, 0.3) is 5.69 Å². The number of benzene rings is 1. The summed E-state index contributed by atoms with van der Waals surface area (Å²) in [7, 11) is 0. The van der Waals surface area contributed by atoms with Crippen molar-refractivity contribution in [1.29, 1.82) is 0 Å². The smallest absolute Gasteiger partial charge is 0.338 e. The van der Waals surface area contributed by atoms with Gasteiger partial charge in [-0.25, -0.2) is 9.59 Å². The Hall–Kier alpha value is -2.90. The molecule has 1 aliphatic carbocycles. The van der Waals surface area contributed by atoms with Gasteiger partial charge in [0, 0.05) is 17.8 Å². The molecule has 138 valence electrons. The lowest BCUT2D eigenvalue weighted by Gasteiger charge is -2.29. The molecule has 1 fully saturated rings. The number of ether oxygens (including phenoxy) is 1. The van der Waals surface area contributed by atoms with Crippen molar-refractivity contribution >= 4 is 17.7 Å². The van der Waals surface area contributed by atoms with Gasteiger partial charge in [-0.15, -0.1) is 0 Å². The van der Waals surface area contributed by atoms with Crippen molar-refractivity contribution in [3.05, 3.63) is 51.2 Å². The number of nitrogens with zero attached hydrogens (tertiary/aromatic N) is 1. The number of carbonyl (C=O) groups is 2. The first-order valence-corrected chi connectivity index (χ1v) is 8.60. The van der Waals surface area contributed by atoms with Crippen molar-refractivity contribution in [1.82, 2.24) is 10.6 Å². The molecule has 0 radical (unpaired) electrons. The zero-order valence-electron chi connectivity index (χ0n) is 14.7. The predicted octanol–water partition coefficient (Wildman–Crippen LogP) is 2.95. The monoisotopic (exact) mass is 359 g/mol. The van der Waals surface area contributed by atoms with Crippen molar-refractivity contribution in [2.75, 3.05) is 0 Å². The molecule has 3 atom stereocenters. The largest absolute Gasteiger partial charge is 0.459 e. The van der Waals surface area contributed by atoms with Crippen molar-refractivity contribution < 1.29 is 19.2 Å². The Morgan fingerprint density at radius 3 is 2.77 bits per heavy atom. The number of non-ortho nitro benzene ring substituents is 1. The molecule has 1 saturated carbocycles. The molecule has 26 heavy (non-hydrogen) atoms. The van der Waals surface area contributed by atoms with E-state index in [1.165, 1.54) is 18.2 Å². The fourth-order valence-corrected chi connectivity index (χ4v) is 3.52. The maximum Gasteiger partial charge on any atom is 0.338 e.